The van der Waals surface area contributed by atoms with Crippen LogP contribution < -0.4 is 5.73 Å². The Bertz CT molecular complexity index is 130. The highest BCUT2D eigenvalue weighted by Gasteiger charge is 1.85. The molecule has 0 rings (SSSR count). The molecule has 0 fully saturated rings. The minimum Gasteiger partial charge on any atom is -0.366 e. The standard InChI is InChI=1S/C7H14N2O/c1-9(2)6-4-3-5-7(8)10/h3,5H,4,6H2,1-2H3,(H2,8,10). The third kappa shape index (κ3) is 7.17. The monoisotopic (exact) mass is 142 g/mol. The van der Waals surface area contributed by atoms with Crippen molar-refractivity contribution in [2.45, 2.75) is 6.42 Å². The Morgan fingerprint density at radius 2 is 2.20 bits per heavy atom. The number of rotatable bonds is 4. The van der Waals surface area contributed by atoms with E-state index in [9.17, 15) is 4.79 Å². The fourth-order valence-corrected chi connectivity index (χ4v) is 0.532. The van der Waals surface area contributed by atoms with Gasteiger partial charge in [0, 0.05) is 6.54 Å². The molecule has 0 aliphatic rings. The van der Waals surface area contributed by atoms with E-state index in [0.29, 0.717) is 0 Å². The van der Waals surface area contributed by atoms with Gasteiger partial charge in [0.1, 0.15) is 0 Å². The molecule has 0 aromatic rings. The van der Waals surface area contributed by atoms with Gasteiger partial charge in [-0.2, -0.15) is 0 Å². The summed E-state index contributed by atoms with van der Waals surface area (Å²) in [6.45, 7) is 0.948. The van der Waals surface area contributed by atoms with Gasteiger partial charge in [-0.1, -0.05) is 6.08 Å². The summed E-state index contributed by atoms with van der Waals surface area (Å²) >= 11 is 0. The van der Waals surface area contributed by atoms with Crippen molar-refractivity contribution in [2.24, 2.45) is 5.73 Å². The molecule has 0 aromatic carbocycles. The van der Waals surface area contributed by atoms with Crippen molar-refractivity contribution in [2.75, 3.05) is 20.6 Å². The molecule has 0 saturated heterocycles. The largest absolute Gasteiger partial charge is 0.366 e. The zero-order valence-electron chi connectivity index (χ0n) is 6.50. The number of nitrogens with zero attached hydrogens (tertiary/aromatic N) is 1. The van der Waals surface area contributed by atoms with Crippen molar-refractivity contribution in [1.82, 2.24) is 4.90 Å². The van der Waals surface area contributed by atoms with Crippen LogP contribution in [0.25, 0.3) is 0 Å². The molecule has 0 aliphatic heterocycles. The molecule has 0 radical (unpaired) electrons. The van der Waals surface area contributed by atoms with E-state index in [0.717, 1.165) is 13.0 Å². The zero-order chi connectivity index (χ0) is 7.98. The average Bonchev–Trinajstić information content (AvgIpc) is 1.79. The molecular formula is C7H14N2O. The molecule has 0 aromatic heterocycles. The molecule has 0 unspecified atom stereocenters. The van der Waals surface area contributed by atoms with Gasteiger partial charge in [-0.3, -0.25) is 4.79 Å². The fraction of sp³-hybridized carbons (Fsp3) is 0.571. The molecule has 3 nitrogen and oxygen atoms in total. The number of nitrogens with two attached hydrogens (primary N) is 1. The Morgan fingerprint density at radius 3 is 2.60 bits per heavy atom. The van der Waals surface area contributed by atoms with Gasteiger partial charge in [-0.05, 0) is 26.6 Å². The maximum atomic E-state index is 10.2. The molecule has 2 N–H and O–H groups in total. The Morgan fingerprint density at radius 1 is 1.60 bits per heavy atom. The van der Waals surface area contributed by atoms with E-state index in [1.165, 1.54) is 6.08 Å². The van der Waals surface area contributed by atoms with Crippen LogP contribution in [-0.2, 0) is 4.79 Å². The highest BCUT2D eigenvalue weighted by molar-refractivity contribution is 5.85. The Kier molecular flexibility index (Phi) is 4.58. The van der Waals surface area contributed by atoms with Crippen molar-refractivity contribution < 1.29 is 4.79 Å². The van der Waals surface area contributed by atoms with Crippen LogP contribution >= 0.6 is 0 Å². The molecule has 0 saturated carbocycles. The number of amides is 1. The van der Waals surface area contributed by atoms with Crippen LogP contribution in [0.15, 0.2) is 12.2 Å². The summed E-state index contributed by atoms with van der Waals surface area (Å²) in [4.78, 5) is 12.2. The fourth-order valence-electron chi connectivity index (χ4n) is 0.532. The van der Waals surface area contributed by atoms with E-state index in [1.54, 1.807) is 6.08 Å². The molecule has 58 valence electrons. The first kappa shape index (κ1) is 9.17. The minimum absolute atomic E-state index is 0.376. The van der Waals surface area contributed by atoms with Crippen LogP contribution in [0.3, 0.4) is 0 Å². The zero-order valence-corrected chi connectivity index (χ0v) is 6.50. The predicted octanol–water partition coefficient (Wildman–Crippen LogP) is -0.0204. The summed E-state index contributed by atoms with van der Waals surface area (Å²) in [5.41, 5.74) is 4.87. The summed E-state index contributed by atoms with van der Waals surface area (Å²) in [5, 5.41) is 0. The normalized spacial score (nSPS) is 11.1. The lowest BCUT2D eigenvalue weighted by Crippen LogP contribution is -2.12. The number of hydrogen-bond donors (Lipinski definition) is 1. The second-order valence-corrected chi connectivity index (χ2v) is 2.40. The number of primary amides is 1. The third-order valence-electron chi connectivity index (χ3n) is 1.03. The van der Waals surface area contributed by atoms with Gasteiger partial charge in [0.2, 0.25) is 5.91 Å². The maximum absolute atomic E-state index is 10.2. The van der Waals surface area contributed by atoms with Gasteiger partial charge in [0.25, 0.3) is 0 Å². The first-order chi connectivity index (χ1) is 4.63. The topological polar surface area (TPSA) is 46.3 Å². The van der Waals surface area contributed by atoms with Crippen LogP contribution in [-0.4, -0.2) is 31.4 Å². The van der Waals surface area contributed by atoms with Gasteiger partial charge in [0.15, 0.2) is 0 Å². The lowest BCUT2D eigenvalue weighted by atomic mass is 10.3. The van der Waals surface area contributed by atoms with Gasteiger partial charge in [0.05, 0.1) is 0 Å². The van der Waals surface area contributed by atoms with Crippen LogP contribution in [0.4, 0.5) is 0 Å². The number of carbonyl (C=O) groups is 1. The highest BCUT2D eigenvalue weighted by atomic mass is 16.1. The first-order valence-electron chi connectivity index (χ1n) is 3.23. The van der Waals surface area contributed by atoms with Crippen molar-refractivity contribution in [1.29, 1.82) is 0 Å². The predicted molar refractivity (Wildman–Crippen MR) is 41.5 cm³/mol. The van der Waals surface area contributed by atoms with Crippen molar-refractivity contribution >= 4 is 5.91 Å². The van der Waals surface area contributed by atoms with E-state index in [4.69, 9.17) is 5.73 Å². The van der Waals surface area contributed by atoms with Crippen LogP contribution in [0, 0.1) is 0 Å². The quantitative estimate of drug-likeness (QED) is 0.561. The van der Waals surface area contributed by atoms with Gasteiger partial charge in [-0.25, -0.2) is 0 Å². The SMILES string of the molecule is CN(C)CCC=CC(N)=O. The van der Waals surface area contributed by atoms with E-state index >= 15 is 0 Å². The van der Waals surface area contributed by atoms with Crippen molar-refractivity contribution in [3.05, 3.63) is 12.2 Å². The van der Waals surface area contributed by atoms with Crippen LogP contribution in [0.5, 0.6) is 0 Å². The van der Waals surface area contributed by atoms with E-state index < -0.39 is 0 Å². The molecular weight excluding hydrogens is 128 g/mol. The van der Waals surface area contributed by atoms with E-state index in [-0.39, 0.29) is 5.91 Å². The van der Waals surface area contributed by atoms with Crippen molar-refractivity contribution in [3.8, 4) is 0 Å². The second-order valence-electron chi connectivity index (χ2n) is 2.40. The Hall–Kier alpha value is -0.830. The summed E-state index contributed by atoms with van der Waals surface area (Å²) in [6.07, 6.45) is 4.04. The Labute approximate surface area is 61.5 Å². The van der Waals surface area contributed by atoms with Crippen molar-refractivity contribution in [3.63, 3.8) is 0 Å². The molecule has 3 heteroatoms. The maximum Gasteiger partial charge on any atom is 0.241 e. The van der Waals surface area contributed by atoms with Crippen LogP contribution in [0.1, 0.15) is 6.42 Å². The van der Waals surface area contributed by atoms with E-state index in [2.05, 4.69) is 0 Å². The number of hydrogen-bond acceptors (Lipinski definition) is 2. The lowest BCUT2D eigenvalue weighted by Gasteiger charge is -2.04. The molecule has 0 atom stereocenters. The smallest absolute Gasteiger partial charge is 0.241 e. The van der Waals surface area contributed by atoms with Gasteiger partial charge >= 0.3 is 0 Å². The van der Waals surface area contributed by atoms with E-state index in [1.807, 2.05) is 19.0 Å². The summed E-state index contributed by atoms with van der Waals surface area (Å²) in [7, 11) is 3.97. The Balaban J connectivity index is 3.27. The highest BCUT2D eigenvalue weighted by Crippen LogP contribution is 1.84. The summed E-state index contributed by atoms with van der Waals surface area (Å²) in [5.74, 6) is -0.376. The molecule has 1 amide bonds. The van der Waals surface area contributed by atoms with Crippen LogP contribution in [0.2, 0.25) is 0 Å². The van der Waals surface area contributed by atoms with Gasteiger partial charge < -0.3 is 10.6 Å². The second kappa shape index (κ2) is 4.99. The molecule has 0 heterocycles. The first-order valence-corrected chi connectivity index (χ1v) is 3.23. The molecule has 0 spiro atoms. The lowest BCUT2D eigenvalue weighted by molar-refractivity contribution is -0.113. The number of carbonyl (C=O) groups excluding carboxylic acids is 1. The molecule has 10 heavy (non-hydrogen) atoms. The minimum atomic E-state index is -0.376. The molecule has 0 aliphatic carbocycles. The summed E-state index contributed by atoms with van der Waals surface area (Å²) < 4.78 is 0. The average molecular weight is 142 g/mol. The van der Waals surface area contributed by atoms with Gasteiger partial charge in [-0.15, -0.1) is 0 Å². The summed E-state index contributed by atoms with van der Waals surface area (Å²) in [6, 6.07) is 0. The third-order valence-corrected chi connectivity index (χ3v) is 1.03. The molecule has 0 bridgehead atoms.